The molecule has 2 aromatic carbocycles. The third-order valence-corrected chi connectivity index (χ3v) is 2.85. The van der Waals surface area contributed by atoms with Gasteiger partial charge >= 0.3 is 0 Å². The van der Waals surface area contributed by atoms with Crippen LogP contribution < -0.4 is 16.2 Å². The van der Waals surface area contributed by atoms with Gasteiger partial charge in [-0.25, -0.2) is 4.39 Å². The average Bonchev–Trinajstić information content (AvgIpc) is 2.41. The molecule has 4 nitrogen and oxygen atoms in total. The van der Waals surface area contributed by atoms with Crippen molar-refractivity contribution in [2.75, 3.05) is 0 Å². The summed E-state index contributed by atoms with van der Waals surface area (Å²) in [5.41, 5.74) is 11.9. The number of rotatable bonds is 4. The smallest absolute Gasteiger partial charge is 0.248 e. The lowest BCUT2D eigenvalue weighted by Gasteiger charge is -2.10. The van der Waals surface area contributed by atoms with Gasteiger partial charge in [0, 0.05) is 11.6 Å². The number of primary amides is 1. The van der Waals surface area contributed by atoms with Gasteiger partial charge in [0.25, 0.3) is 0 Å². The van der Waals surface area contributed by atoms with Gasteiger partial charge in [-0.15, -0.1) is 0 Å². The fourth-order valence-corrected chi connectivity index (χ4v) is 1.70. The molecule has 20 heavy (non-hydrogen) atoms. The number of carbonyl (C=O) groups is 1. The molecule has 0 fully saturated rings. The Balaban J connectivity index is 2.19. The third-order valence-electron chi connectivity index (χ3n) is 2.85. The van der Waals surface area contributed by atoms with Crippen LogP contribution in [-0.2, 0) is 0 Å². The molecule has 4 N–H and O–H groups in total. The molecular formula is C15H15FN2O2. The lowest BCUT2D eigenvalue weighted by molar-refractivity contribution is 0.100. The van der Waals surface area contributed by atoms with E-state index < -0.39 is 11.7 Å². The summed E-state index contributed by atoms with van der Waals surface area (Å²) in [4.78, 5) is 10.9. The molecule has 0 aliphatic carbocycles. The van der Waals surface area contributed by atoms with E-state index in [1.54, 1.807) is 25.1 Å². The second-order valence-corrected chi connectivity index (χ2v) is 4.47. The summed E-state index contributed by atoms with van der Waals surface area (Å²) in [7, 11) is 0. The van der Waals surface area contributed by atoms with Crippen molar-refractivity contribution in [2.24, 2.45) is 11.5 Å². The fourth-order valence-electron chi connectivity index (χ4n) is 1.70. The largest absolute Gasteiger partial charge is 0.454 e. The molecule has 0 aliphatic rings. The van der Waals surface area contributed by atoms with E-state index in [1.807, 2.05) is 0 Å². The average molecular weight is 274 g/mol. The molecule has 5 heteroatoms. The van der Waals surface area contributed by atoms with Crippen LogP contribution in [0, 0.1) is 5.82 Å². The van der Waals surface area contributed by atoms with Gasteiger partial charge in [-0.1, -0.05) is 6.07 Å². The highest BCUT2D eigenvalue weighted by Gasteiger charge is 2.08. The van der Waals surface area contributed by atoms with Gasteiger partial charge in [-0.2, -0.15) is 0 Å². The predicted octanol–water partition coefficient (Wildman–Crippen LogP) is 2.74. The molecule has 2 rings (SSSR count). The Morgan fingerprint density at radius 3 is 2.35 bits per heavy atom. The van der Waals surface area contributed by atoms with Crippen LogP contribution in [0.1, 0.15) is 28.9 Å². The van der Waals surface area contributed by atoms with E-state index in [0.717, 1.165) is 0 Å². The van der Waals surface area contributed by atoms with Gasteiger partial charge in [-0.05, 0) is 48.9 Å². The van der Waals surface area contributed by atoms with Crippen LogP contribution in [0.5, 0.6) is 11.5 Å². The Hall–Kier alpha value is -2.40. The summed E-state index contributed by atoms with van der Waals surface area (Å²) >= 11 is 0. The molecule has 104 valence electrons. The Bertz CT molecular complexity index is 624. The van der Waals surface area contributed by atoms with Crippen LogP contribution in [0.25, 0.3) is 0 Å². The van der Waals surface area contributed by atoms with Crippen molar-refractivity contribution in [3.63, 3.8) is 0 Å². The predicted molar refractivity (Wildman–Crippen MR) is 74.0 cm³/mol. The SMILES string of the molecule is C[C@H](N)c1ccc(Oc2ccc(C(N)=O)cc2)c(F)c1. The van der Waals surface area contributed by atoms with E-state index in [0.29, 0.717) is 16.9 Å². The Morgan fingerprint density at radius 2 is 1.85 bits per heavy atom. The molecule has 0 aliphatic heterocycles. The first-order chi connectivity index (χ1) is 9.47. The second-order valence-electron chi connectivity index (χ2n) is 4.47. The minimum Gasteiger partial charge on any atom is -0.454 e. The Morgan fingerprint density at radius 1 is 1.20 bits per heavy atom. The van der Waals surface area contributed by atoms with Gasteiger partial charge in [0.05, 0.1) is 0 Å². The standard InChI is InChI=1S/C15H15FN2O2/c1-9(17)11-4-7-14(13(16)8-11)20-12-5-2-10(3-6-12)15(18)19/h2-9H,17H2,1H3,(H2,18,19)/t9-/m0/s1. The molecule has 1 atom stereocenters. The number of hydrogen-bond acceptors (Lipinski definition) is 3. The van der Waals surface area contributed by atoms with Gasteiger partial charge in [-0.3, -0.25) is 4.79 Å². The van der Waals surface area contributed by atoms with Crippen molar-refractivity contribution in [1.29, 1.82) is 0 Å². The van der Waals surface area contributed by atoms with E-state index in [9.17, 15) is 9.18 Å². The Labute approximate surface area is 116 Å². The summed E-state index contributed by atoms with van der Waals surface area (Å²) in [5.74, 6) is -0.494. The zero-order chi connectivity index (χ0) is 14.7. The molecule has 0 unspecified atom stereocenters. The molecule has 0 bridgehead atoms. The fraction of sp³-hybridized carbons (Fsp3) is 0.133. The highest BCUT2D eigenvalue weighted by molar-refractivity contribution is 5.92. The molecule has 0 aromatic heterocycles. The molecule has 0 spiro atoms. The molecule has 0 radical (unpaired) electrons. The lowest BCUT2D eigenvalue weighted by atomic mass is 10.1. The van der Waals surface area contributed by atoms with Crippen molar-refractivity contribution in [2.45, 2.75) is 13.0 Å². The summed E-state index contributed by atoms with van der Waals surface area (Å²) in [6.45, 7) is 1.78. The Kier molecular flexibility index (Phi) is 4.00. The highest BCUT2D eigenvalue weighted by atomic mass is 19.1. The van der Waals surface area contributed by atoms with Crippen LogP contribution in [-0.4, -0.2) is 5.91 Å². The van der Waals surface area contributed by atoms with E-state index in [-0.39, 0.29) is 11.8 Å². The van der Waals surface area contributed by atoms with Gasteiger partial charge in [0.1, 0.15) is 5.75 Å². The molecule has 0 saturated heterocycles. The summed E-state index contributed by atoms with van der Waals surface area (Å²) < 4.78 is 19.3. The van der Waals surface area contributed by atoms with E-state index >= 15 is 0 Å². The topological polar surface area (TPSA) is 78.3 Å². The minimum absolute atomic E-state index is 0.0984. The first-order valence-electron chi connectivity index (χ1n) is 6.10. The first kappa shape index (κ1) is 14.0. The van der Waals surface area contributed by atoms with Crippen molar-refractivity contribution in [3.8, 4) is 11.5 Å². The summed E-state index contributed by atoms with van der Waals surface area (Å²) in [5, 5.41) is 0. The normalized spacial score (nSPS) is 11.9. The van der Waals surface area contributed by atoms with Gasteiger partial charge < -0.3 is 16.2 Å². The highest BCUT2D eigenvalue weighted by Crippen LogP contribution is 2.26. The molecular weight excluding hydrogens is 259 g/mol. The molecule has 0 saturated carbocycles. The van der Waals surface area contributed by atoms with Gasteiger partial charge in [0.15, 0.2) is 11.6 Å². The molecule has 0 heterocycles. The number of amides is 1. The number of hydrogen-bond donors (Lipinski definition) is 2. The van der Waals surface area contributed by atoms with E-state index in [1.165, 1.54) is 24.3 Å². The van der Waals surface area contributed by atoms with E-state index in [2.05, 4.69) is 0 Å². The second kappa shape index (κ2) is 5.71. The van der Waals surface area contributed by atoms with Crippen LogP contribution in [0.4, 0.5) is 4.39 Å². The van der Waals surface area contributed by atoms with Gasteiger partial charge in [0.2, 0.25) is 5.91 Å². The lowest BCUT2D eigenvalue weighted by Crippen LogP contribution is -2.10. The number of nitrogens with two attached hydrogens (primary N) is 2. The van der Waals surface area contributed by atoms with Crippen molar-refractivity contribution < 1.29 is 13.9 Å². The zero-order valence-electron chi connectivity index (χ0n) is 11.0. The maximum absolute atomic E-state index is 13.8. The minimum atomic E-state index is -0.524. The quantitative estimate of drug-likeness (QED) is 0.899. The van der Waals surface area contributed by atoms with Crippen molar-refractivity contribution in [1.82, 2.24) is 0 Å². The van der Waals surface area contributed by atoms with Crippen molar-refractivity contribution in [3.05, 3.63) is 59.4 Å². The monoisotopic (exact) mass is 274 g/mol. The zero-order valence-corrected chi connectivity index (χ0v) is 11.0. The third kappa shape index (κ3) is 3.13. The number of ether oxygens (including phenoxy) is 1. The van der Waals surface area contributed by atoms with Crippen LogP contribution >= 0.6 is 0 Å². The number of carbonyl (C=O) groups excluding carboxylic acids is 1. The molecule has 1 amide bonds. The summed E-state index contributed by atoms with van der Waals surface area (Å²) in [6.07, 6.45) is 0. The number of benzene rings is 2. The number of halogens is 1. The molecule has 2 aromatic rings. The maximum atomic E-state index is 13.8. The van der Waals surface area contributed by atoms with Crippen molar-refractivity contribution >= 4 is 5.91 Å². The van der Waals surface area contributed by atoms with E-state index in [4.69, 9.17) is 16.2 Å². The van der Waals surface area contributed by atoms with Crippen LogP contribution in [0.15, 0.2) is 42.5 Å². The summed E-state index contributed by atoms with van der Waals surface area (Å²) in [6, 6.07) is 10.5. The van der Waals surface area contributed by atoms with Crippen LogP contribution in [0.3, 0.4) is 0 Å². The maximum Gasteiger partial charge on any atom is 0.248 e. The first-order valence-corrected chi connectivity index (χ1v) is 6.10. The van der Waals surface area contributed by atoms with Crippen LogP contribution in [0.2, 0.25) is 0 Å².